The van der Waals surface area contributed by atoms with Gasteiger partial charge in [-0.2, -0.15) is 0 Å². The molecule has 0 aliphatic rings. The fourth-order valence-corrected chi connectivity index (χ4v) is 1.10. The molecule has 0 saturated heterocycles. The van der Waals surface area contributed by atoms with E-state index in [0.29, 0.717) is 0 Å². The van der Waals surface area contributed by atoms with Crippen LogP contribution in [0.25, 0.3) is 0 Å². The molecule has 12 heavy (non-hydrogen) atoms. The summed E-state index contributed by atoms with van der Waals surface area (Å²) in [5.74, 6) is -2.02. The summed E-state index contributed by atoms with van der Waals surface area (Å²) in [6, 6.07) is 1.72. The standard InChI is InChI=1S/C7H5BrF2N2/c8-7(12)3-1-4(9)5(10)2-6(3)11/h1-2,12H,11H2. The van der Waals surface area contributed by atoms with Crippen molar-refractivity contribution in [2.45, 2.75) is 0 Å². The third kappa shape index (κ3) is 1.61. The van der Waals surface area contributed by atoms with Gasteiger partial charge in [-0.25, -0.2) is 8.78 Å². The lowest BCUT2D eigenvalue weighted by Crippen LogP contribution is -2.00. The number of halogens is 3. The Morgan fingerprint density at radius 3 is 2.33 bits per heavy atom. The number of nitrogens with one attached hydrogen (secondary N) is 1. The Morgan fingerprint density at radius 2 is 1.83 bits per heavy atom. The molecule has 0 saturated carbocycles. The number of hydrogen-bond acceptors (Lipinski definition) is 2. The van der Waals surface area contributed by atoms with Crippen LogP contribution in [0, 0.1) is 17.0 Å². The molecule has 0 fully saturated rings. The van der Waals surface area contributed by atoms with Crippen LogP contribution in [-0.2, 0) is 0 Å². The minimum atomic E-state index is -1.01. The van der Waals surface area contributed by atoms with E-state index < -0.39 is 11.6 Å². The van der Waals surface area contributed by atoms with Crippen molar-refractivity contribution < 1.29 is 8.78 Å². The van der Waals surface area contributed by atoms with E-state index in [4.69, 9.17) is 11.1 Å². The maximum Gasteiger partial charge on any atom is 0.160 e. The van der Waals surface area contributed by atoms with E-state index in [1.165, 1.54) is 0 Å². The zero-order chi connectivity index (χ0) is 9.30. The summed E-state index contributed by atoms with van der Waals surface area (Å²) in [6.45, 7) is 0. The molecule has 0 spiro atoms. The van der Waals surface area contributed by atoms with E-state index in [2.05, 4.69) is 15.9 Å². The van der Waals surface area contributed by atoms with Gasteiger partial charge in [0, 0.05) is 17.3 Å². The van der Waals surface area contributed by atoms with Crippen molar-refractivity contribution in [1.29, 1.82) is 5.41 Å². The molecule has 1 aromatic carbocycles. The fourth-order valence-electron chi connectivity index (χ4n) is 0.752. The second kappa shape index (κ2) is 3.18. The lowest BCUT2D eigenvalue weighted by Gasteiger charge is -2.02. The molecule has 1 aromatic rings. The summed E-state index contributed by atoms with van der Waals surface area (Å²) in [7, 11) is 0. The van der Waals surface area contributed by atoms with Crippen LogP contribution >= 0.6 is 15.9 Å². The van der Waals surface area contributed by atoms with Gasteiger partial charge in [-0.1, -0.05) is 0 Å². The maximum atomic E-state index is 12.6. The summed E-state index contributed by atoms with van der Waals surface area (Å²) in [6.07, 6.45) is 0. The van der Waals surface area contributed by atoms with Gasteiger partial charge >= 0.3 is 0 Å². The zero-order valence-corrected chi connectivity index (χ0v) is 7.45. The fraction of sp³-hybridized carbons (Fsp3) is 0. The van der Waals surface area contributed by atoms with Crippen molar-refractivity contribution in [2.24, 2.45) is 0 Å². The van der Waals surface area contributed by atoms with Crippen molar-refractivity contribution in [2.75, 3.05) is 5.73 Å². The Morgan fingerprint density at radius 1 is 1.33 bits per heavy atom. The average molecular weight is 235 g/mol. The van der Waals surface area contributed by atoms with Gasteiger partial charge in [0.05, 0.1) is 0 Å². The van der Waals surface area contributed by atoms with E-state index in [1.807, 2.05) is 0 Å². The molecule has 2 nitrogen and oxygen atoms in total. The molecule has 0 aliphatic carbocycles. The van der Waals surface area contributed by atoms with Crippen LogP contribution < -0.4 is 5.73 Å². The first kappa shape index (κ1) is 9.12. The molecule has 0 atom stereocenters. The number of nitrogen functional groups attached to an aromatic ring is 1. The Hall–Kier alpha value is -0.970. The highest BCUT2D eigenvalue weighted by Gasteiger charge is 2.09. The average Bonchev–Trinajstić information content (AvgIpc) is 1.96. The molecule has 64 valence electrons. The first-order chi connectivity index (χ1) is 5.52. The monoisotopic (exact) mass is 234 g/mol. The van der Waals surface area contributed by atoms with Gasteiger partial charge in [0.1, 0.15) is 4.62 Å². The Bertz CT molecular complexity index is 338. The minimum Gasteiger partial charge on any atom is -0.398 e. The number of benzene rings is 1. The number of anilines is 1. The highest BCUT2D eigenvalue weighted by atomic mass is 79.9. The molecule has 0 radical (unpaired) electrons. The number of rotatable bonds is 1. The van der Waals surface area contributed by atoms with Crippen LogP contribution in [0.3, 0.4) is 0 Å². The normalized spacial score (nSPS) is 9.92. The molecule has 0 bridgehead atoms. The van der Waals surface area contributed by atoms with Crippen molar-refractivity contribution in [3.63, 3.8) is 0 Å². The van der Waals surface area contributed by atoms with Gasteiger partial charge in [-0.3, -0.25) is 5.41 Å². The van der Waals surface area contributed by atoms with Gasteiger partial charge < -0.3 is 5.73 Å². The molecular formula is C7H5BrF2N2. The van der Waals surface area contributed by atoms with E-state index in [-0.39, 0.29) is 15.9 Å². The predicted octanol–water partition coefficient (Wildman–Crippen LogP) is 2.27. The van der Waals surface area contributed by atoms with Crippen LogP contribution in [-0.4, -0.2) is 4.62 Å². The molecule has 0 unspecified atom stereocenters. The quantitative estimate of drug-likeness (QED) is 0.569. The van der Waals surface area contributed by atoms with Gasteiger partial charge in [-0.15, -0.1) is 0 Å². The summed E-state index contributed by atoms with van der Waals surface area (Å²) in [5.41, 5.74) is 5.50. The van der Waals surface area contributed by atoms with Crippen molar-refractivity contribution in [1.82, 2.24) is 0 Å². The van der Waals surface area contributed by atoms with Crippen LogP contribution in [0.2, 0.25) is 0 Å². The summed E-state index contributed by atoms with van der Waals surface area (Å²) in [5, 5.41) is 7.09. The van der Waals surface area contributed by atoms with E-state index >= 15 is 0 Å². The van der Waals surface area contributed by atoms with Crippen LogP contribution in [0.5, 0.6) is 0 Å². The Labute approximate surface area is 76.0 Å². The Kier molecular flexibility index (Phi) is 2.42. The highest BCUT2D eigenvalue weighted by Crippen LogP contribution is 2.19. The first-order valence-corrected chi connectivity index (χ1v) is 3.80. The molecule has 0 aromatic heterocycles. The highest BCUT2D eigenvalue weighted by molar-refractivity contribution is 9.18. The van der Waals surface area contributed by atoms with Gasteiger partial charge in [0.15, 0.2) is 11.6 Å². The molecule has 5 heteroatoms. The van der Waals surface area contributed by atoms with E-state index in [9.17, 15) is 8.78 Å². The summed E-state index contributed by atoms with van der Waals surface area (Å²) in [4.78, 5) is 0. The third-order valence-electron chi connectivity index (χ3n) is 1.33. The molecular weight excluding hydrogens is 230 g/mol. The van der Waals surface area contributed by atoms with E-state index in [1.54, 1.807) is 0 Å². The second-order valence-electron chi connectivity index (χ2n) is 2.17. The molecule has 1 rings (SSSR count). The predicted molar refractivity (Wildman–Crippen MR) is 46.5 cm³/mol. The minimum absolute atomic E-state index is 0.0378. The van der Waals surface area contributed by atoms with Crippen molar-refractivity contribution >= 4 is 26.2 Å². The number of nitrogens with two attached hydrogens (primary N) is 1. The van der Waals surface area contributed by atoms with Crippen LogP contribution in [0.15, 0.2) is 12.1 Å². The molecule has 0 amide bonds. The Balaban J connectivity index is 3.33. The number of hydrogen-bond donors (Lipinski definition) is 2. The first-order valence-electron chi connectivity index (χ1n) is 3.01. The van der Waals surface area contributed by atoms with Crippen LogP contribution in [0.4, 0.5) is 14.5 Å². The van der Waals surface area contributed by atoms with Crippen molar-refractivity contribution in [3.8, 4) is 0 Å². The van der Waals surface area contributed by atoms with Gasteiger partial charge in [-0.05, 0) is 22.0 Å². The largest absolute Gasteiger partial charge is 0.398 e. The smallest absolute Gasteiger partial charge is 0.160 e. The lowest BCUT2D eigenvalue weighted by molar-refractivity contribution is 0.509. The van der Waals surface area contributed by atoms with Crippen molar-refractivity contribution in [3.05, 3.63) is 29.3 Å². The topological polar surface area (TPSA) is 49.9 Å². The van der Waals surface area contributed by atoms with Crippen LogP contribution in [0.1, 0.15) is 5.56 Å². The molecule has 3 N–H and O–H groups in total. The molecule has 0 heterocycles. The maximum absolute atomic E-state index is 12.6. The molecule has 0 aliphatic heterocycles. The zero-order valence-electron chi connectivity index (χ0n) is 5.87. The lowest BCUT2D eigenvalue weighted by atomic mass is 10.2. The second-order valence-corrected chi connectivity index (χ2v) is 2.96. The summed E-state index contributed by atoms with van der Waals surface area (Å²) >= 11 is 2.81. The van der Waals surface area contributed by atoms with Gasteiger partial charge in [0.2, 0.25) is 0 Å². The summed E-state index contributed by atoms with van der Waals surface area (Å²) < 4.78 is 25.0. The third-order valence-corrected chi connectivity index (χ3v) is 1.76. The SMILES string of the molecule is N=C(Br)c1cc(F)c(F)cc1N. The van der Waals surface area contributed by atoms with Gasteiger partial charge in [0.25, 0.3) is 0 Å². The van der Waals surface area contributed by atoms with E-state index in [0.717, 1.165) is 12.1 Å².